The topological polar surface area (TPSA) is 58.4 Å². The fourth-order valence-electron chi connectivity index (χ4n) is 3.44. The largest absolute Gasteiger partial charge is 0.393 e. The standard InChI is InChI=1S/C20H27N3O2/c1-14(2)19-12-18(21-23(19)17-9-5-4-6-10-17)20(25)22-11-7-8-16(13-22)15(3)24/h4-6,9-10,12,14-16,24H,7-8,11,13H2,1-3H3. The zero-order valence-corrected chi connectivity index (χ0v) is 15.2. The molecule has 0 aliphatic carbocycles. The molecule has 5 heteroatoms. The van der Waals surface area contributed by atoms with Crippen molar-refractivity contribution in [2.75, 3.05) is 13.1 Å². The van der Waals surface area contributed by atoms with E-state index in [2.05, 4.69) is 18.9 Å². The van der Waals surface area contributed by atoms with Crippen molar-refractivity contribution in [3.63, 3.8) is 0 Å². The molecule has 1 N–H and O–H groups in total. The van der Waals surface area contributed by atoms with E-state index in [1.807, 2.05) is 46.0 Å². The van der Waals surface area contributed by atoms with Crippen LogP contribution in [0.5, 0.6) is 0 Å². The first-order valence-corrected chi connectivity index (χ1v) is 9.10. The highest BCUT2D eigenvalue weighted by Crippen LogP contribution is 2.24. The summed E-state index contributed by atoms with van der Waals surface area (Å²) < 4.78 is 1.87. The SMILES string of the molecule is CC(C)c1cc(C(=O)N2CCCC(C(C)O)C2)nn1-c1ccccc1. The minimum atomic E-state index is -0.385. The van der Waals surface area contributed by atoms with Crippen LogP contribution in [0.2, 0.25) is 0 Å². The maximum absolute atomic E-state index is 13.0. The molecule has 1 amide bonds. The average Bonchev–Trinajstić information content (AvgIpc) is 3.07. The van der Waals surface area contributed by atoms with Crippen LogP contribution in [0.3, 0.4) is 0 Å². The monoisotopic (exact) mass is 341 g/mol. The number of amides is 1. The van der Waals surface area contributed by atoms with Crippen LogP contribution < -0.4 is 0 Å². The van der Waals surface area contributed by atoms with Gasteiger partial charge < -0.3 is 10.0 Å². The number of piperidine rings is 1. The average molecular weight is 341 g/mol. The van der Waals surface area contributed by atoms with E-state index in [9.17, 15) is 9.90 Å². The number of para-hydroxylation sites is 1. The van der Waals surface area contributed by atoms with Gasteiger partial charge in [-0.2, -0.15) is 5.10 Å². The second kappa shape index (κ2) is 7.40. The van der Waals surface area contributed by atoms with Gasteiger partial charge in [-0.15, -0.1) is 0 Å². The predicted molar refractivity (Wildman–Crippen MR) is 98.0 cm³/mol. The molecule has 0 spiro atoms. The number of aliphatic hydroxyl groups is 1. The minimum absolute atomic E-state index is 0.0399. The zero-order chi connectivity index (χ0) is 18.0. The molecule has 134 valence electrons. The van der Waals surface area contributed by atoms with Gasteiger partial charge in [-0.05, 0) is 43.9 Å². The Balaban J connectivity index is 1.88. The summed E-state index contributed by atoms with van der Waals surface area (Å²) in [4.78, 5) is 14.8. The number of aromatic nitrogens is 2. The molecule has 2 atom stereocenters. The highest BCUT2D eigenvalue weighted by atomic mass is 16.3. The van der Waals surface area contributed by atoms with Crippen LogP contribution in [-0.4, -0.2) is 44.9 Å². The Morgan fingerprint density at radius 3 is 2.60 bits per heavy atom. The van der Waals surface area contributed by atoms with Crippen molar-refractivity contribution < 1.29 is 9.90 Å². The fraction of sp³-hybridized carbons (Fsp3) is 0.500. The number of hydrogen-bond acceptors (Lipinski definition) is 3. The molecule has 5 nitrogen and oxygen atoms in total. The molecule has 1 aliphatic heterocycles. The Hall–Kier alpha value is -2.14. The summed E-state index contributed by atoms with van der Waals surface area (Å²) in [5, 5.41) is 14.5. The molecule has 25 heavy (non-hydrogen) atoms. The first-order chi connectivity index (χ1) is 12.0. The van der Waals surface area contributed by atoms with Gasteiger partial charge in [-0.25, -0.2) is 4.68 Å². The fourth-order valence-corrected chi connectivity index (χ4v) is 3.44. The van der Waals surface area contributed by atoms with Crippen LogP contribution in [0.25, 0.3) is 5.69 Å². The summed E-state index contributed by atoms with van der Waals surface area (Å²) in [7, 11) is 0. The van der Waals surface area contributed by atoms with Crippen LogP contribution in [0.1, 0.15) is 55.7 Å². The van der Waals surface area contributed by atoms with E-state index in [1.165, 1.54) is 0 Å². The summed E-state index contributed by atoms with van der Waals surface area (Å²) in [6.45, 7) is 7.35. The van der Waals surface area contributed by atoms with E-state index < -0.39 is 0 Å². The predicted octanol–water partition coefficient (Wildman–Crippen LogP) is 3.23. The number of carbonyl (C=O) groups is 1. The normalized spacial score (nSPS) is 19.2. The highest BCUT2D eigenvalue weighted by molar-refractivity contribution is 5.92. The number of benzene rings is 1. The number of carbonyl (C=O) groups excluding carboxylic acids is 1. The second-order valence-corrected chi connectivity index (χ2v) is 7.25. The third-order valence-electron chi connectivity index (χ3n) is 4.98. The van der Waals surface area contributed by atoms with Crippen molar-refractivity contribution in [1.29, 1.82) is 0 Å². The van der Waals surface area contributed by atoms with Gasteiger partial charge in [0.2, 0.25) is 0 Å². The minimum Gasteiger partial charge on any atom is -0.393 e. The Morgan fingerprint density at radius 2 is 1.96 bits per heavy atom. The van der Waals surface area contributed by atoms with Crippen molar-refractivity contribution in [3.05, 3.63) is 47.8 Å². The van der Waals surface area contributed by atoms with Crippen LogP contribution in [-0.2, 0) is 0 Å². The van der Waals surface area contributed by atoms with Crippen LogP contribution in [0.4, 0.5) is 0 Å². The number of aliphatic hydroxyl groups excluding tert-OH is 1. The van der Waals surface area contributed by atoms with Gasteiger partial charge in [-0.1, -0.05) is 32.0 Å². The molecule has 0 radical (unpaired) electrons. The first kappa shape index (κ1) is 17.7. The molecule has 1 aromatic heterocycles. The second-order valence-electron chi connectivity index (χ2n) is 7.25. The molecule has 1 aromatic carbocycles. The highest BCUT2D eigenvalue weighted by Gasteiger charge is 2.29. The third-order valence-corrected chi connectivity index (χ3v) is 4.98. The first-order valence-electron chi connectivity index (χ1n) is 9.10. The molecule has 0 saturated carbocycles. The lowest BCUT2D eigenvalue weighted by molar-refractivity contribution is 0.0461. The lowest BCUT2D eigenvalue weighted by atomic mass is 9.93. The maximum atomic E-state index is 13.0. The van der Waals surface area contributed by atoms with Crippen LogP contribution >= 0.6 is 0 Å². The summed E-state index contributed by atoms with van der Waals surface area (Å²) in [5.41, 5.74) is 2.48. The number of hydrogen-bond donors (Lipinski definition) is 1. The molecule has 1 saturated heterocycles. The van der Waals surface area contributed by atoms with Crippen LogP contribution in [0.15, 0.2) is 36.4 Å². The van der Waals surface area contributed by atoms with E-state index >= 15 is 0 Å². The molecular weight excluding hydrogens is 314 g/mol. The lowest BCUT2D eigenvalue weighted by Gasteiger charge is -2.33. The van der Waals surface area contributed by atoms with Crippen LogP contribution in [0, 0.1) is 5.92 Å². The van der Waals surface area contributed by atoms with Crippen molar-refractivity contribution in [2.24, 2.45) is 5.92 Å². The molecule has 1 fully saturated rings. The molecule has 1 aliphatic rings. The lowest BCUT2D eigenvalue weighted by Crippen LogP contribution is -2.43. The number of likely N-dealkylation sites (tertiary alicyclic amines) is 1. The Kier molecular flexibility index (Phi) is 5.23. The Bertz CT molecular complexity index is 722. The van der Waals surface area contributed by atoms with E-state index in [0.717, 1.165) is 30.8 Å². The number of nitrogens with zero attached hydrogens (tertiary/aromatic N) is 3. The van der Waals surface area contributed by atoms with Gasteiger partial charge in [0.15, 0.2) is 5.69 Å². The molecule has 2 heterocycles. The molecule has 2 unspecified atom stereocenters. The Labute approximate surface area is 149 Å². The smallest absolute Gasteiger partial charge is 0.274 e. The molecule has 0 bridgehead atoms. The van der Waals surface area contributed by atoms with Gasteiger partial charge in [0.1, 0.15) is 0 Å². The summed E-state index contributed by atoms with van der Waals surface area (Å²) in [6.07, 6.45) is 1.51. The van der Waals surface area contributed by atoms with E-state index in [0.29, 0.717) is 12.2 Å². The number of rotatable bonds is 4. The van der Waals surface area contributed by atoms with E-state index in [4.69, 9.17) is 0 Å². The van der Waals surface area contributed by atoms with E-state index in [-0.39, 0.29) is 23.8 Å². The van der Waals surface area contributed by atoms with Gasteiger partial charge in [-0.3, -0.25) is 4.79 Å². The van der Waals surface area contributed by atoms with Crippen molar-refractivity contribution >= 4 is 5.91 Å². The Morgan fingerprint density at radius 1 is 1.24 bits per heavy atom. The van der Waals surface area contributed by atoms with Gasteiger partial charge in [0.05, 0.1) is 11.8 Å². The maximum Gasteiger partial charge on any atom is 0.274 e. The quantitative estimate of drug-likeness (QED) is 0.929. The molecule has 2 aromatic rings. The third kappa shape index (κ3) is 3.76. The zero-order valence-electron chi connectivity index (χ0n) is 15.2. The molecular formula is C20H27N3O2. The molecule has 3 rings (SSSR count). The summed E-state index contributed by atoms with van der Waals surface area (Å²) >= 11 is 0. The van der Waals surface area contributed by atoms with Crippen molar-refractivity contribution in [3.8, 4) is 5.69 Å². The van der Waals surface area contributed by atoms with Gasteiger partial charge in [0.25, 0.3) is 5.91 Å². The summed E-state index contributed by atoms with van der Waals surface area (Å²) in [5.74, 6) is 0.376. The van der Waals surface area contributed by atoms with Gasteiger partial charge >= 0.3 is 0 Å². The van der Waals surface area contributed by atoms with Crippen molar-refractivity contribution in [1.82, 2.24) is 14.7 Å². The summed E-state index contributed by atoms with van der Waals surface area (Å²) in [6, 6.07) is 11.8. The van der Waals surface area contributed by atoms with Gasteiger partial charge in [0, 0.05) is 24.7 Å². The van der Waals surface area contributed by atoms with Crippen molar-refractivity contribution in [2.45, 2.75) is 45.6 Å². The van der Waals surface area contributed by atoms with E-state index in [1.54, 1.807) is 6.92 Å².